The average Bonchev–Trinajstić information content (AvgIpc) is 2.45. The summed E-state index contributed by atoms with van der Waals surface area (Å²) in [6.45, 7) is 3.62. The van der Waals surface area contributed by atoms with E-state index in [1.165, 1.54) is 6.92 Å². The summed E-state index contributed by atoms with van der Waals surface area (Å²) in [5.41, 5.74) is 0.824. The number of carbonyl (C=O) groups excluding carboxylic acids is 2. The van der Waals surface area contributed by atoms with Crippen LogP contribution in [0.4, 0.5) is 4.79 Å². The number of hydrogen-bond donors (Lipinski definition) is 1. The normalized spacial score (nSPS) is 11.3. The minimum absolute atomic E-state index is 0.116. The van der Waals surface area contributed by atoms with Crippen molar-refractivity contribution in [3.8, 4) is 5.75 Å². The van der Waals surface area contributed by atoms with E-state index >= 15 is 0 Å². The van der Waals surface area contributed by atoms with Crippen molar-refractivity contribution in [3.63, 3.8) is 0 Å². The van der Waals surface area contributed by atoms with Crippen LogP contribution in [0, 0.1) is 0 Å². The Hall–Kier alpha value is -2.24. The summed E-state index contributed by atoms with van der Waals surface area (Å²) in [5, 5.41) is 2.40. The molecule has 1 aromatic rings. The fourth-order valence-corrected chi connectivity index (χ4v) is 1.42. The van der Waals surface area contributed by atoms with E-state index < -0.39 is 18.1 Å². The number of ether oxygens (including phenoxy) is 3. The van der Waals surface area contributed by atoms with E-state index in [2.05, 4.69) is 5.32 Å². The van der Waals surface area contributed by atoms with Gasteiger partial charge in [-0.1, -0.05) is 12.1 Å². The van der Waals surface area contributed by atoms with Crippen LogP contribution in [0.15, 0.2) is 24.3 Å². The Morgan fingerprint density at radius 2 is 1.85 bits per heavy atom. The van der Waals surface area contributed by atoms with Gasteiger partial charge in [0.05, 0.1) is 13.7 Å². The third-order valence-corrected chi connectivity index (χ3v) is 2.50. The van der Waals surface area contributed by atoms with Gasteiger partial charge < -0.3 is 19.5 Å². The first-order valence-corrected chi connectivity index (χ1v) is 6.29. The Labute approximate surface area is 118 Å². The maximum Gasteiger partial charge on any atom is 0.408 e. The van der Waals surface area contributed by atoms with Crippen molar-refractivity contribution in [2.45, 2.75) is 26.5 Å². The van der Waals surface area contributed by atoms with Gasteiger partial charge in [0.2, 0.25) is 0 Å². The molecular weight excluding hydrogens is 262 g/mol. The van der Waals surface area contributed by atoms with Crippen molar-refractivity contribution in [2.24, 2.45) is 0 Å². The van der Waals surface area contributed by atoms with Crippen LogP contribution in [0.2, 0.25) is 0 Å². The molecule has 0 aliphatic rings. The van der Waals surface area contributed by atoms with E-state index in [4.69, 9.17) is 14.2 Å². The van der Waals surface area contributed by atoms with E-state index in [1.54, 1.807) is 38.3 Å². The summed E-state index contributed by atoms with van der Waals surface area (Å²) < 4.78 is 14.8. The average molecular weight is 281 g/mol. The van der Waals surface area contributed by atoms with Crippen LogP contribution in [0.5, 0.6) is 5.75 Å². The van der Waals surface area contributed by atoms with Crippen molar-refractivity contribution >= 4 is 12.1 Å². The molecular formula is C14H19NO5. The van der Waals surface area contributed by atoms with E-state index in [0.717, 1.165) is 11.3 Å². The highest BCUT2D eigenvalue weighted by Gasteiger charge is 2.17. The zero-order valence-electron chi connectivity index (χ0n) is 11.8. The molecule has 0 saturated carbocycles. The van der Waals surface area contributed by atoms with E-state index in [-0.39, 0.29) is 13.2 Å². The first-order chi connectivity index (χ1) is 9.56. The van der Waals surface area contributed by atoms with Crippen molar-refractivity contribution in [1.29, 1.82) is 0 Å². The summed E-state index contributed by atoms with van der Waals surface area (Å²) in [7, 11) is 1.58. The molecule has 1 rings (SSSR count). The van der Waals surface area contributed by atoms with Crippen molar-refractivity contribution in [1.82, 2.24) is 5.32 Å². The first-order valence-electron chi connectivity index (χ1n) is 6.29. The standard InChI is InChI=1S/C14H19NO5/c1-4-19-13(16)10(2)15-14(17)20-9-11-5-7-12(18-3)8-6-11/h5-8,10H,4,9H2,1-3H3,(H,15,17)/t10-/m0/s1. The number of methoxy groups -OCH3 is 1. The number of amides is 1. The third kappa shape index (κ3) is 5.17. The van der Waals surface area contributed by atoms with Gasteiger partial charge in [-0.3, -0.25) is 0 Å². The summed E-state index contributed by atoms with van der Waals surface area (Å²) in [4.78, 5) is 22.8. The second-order valence-corrected chi connectivity index (χ2v) is 4.04. The molecule has 1 aromatic carbocycles. The highest BCUT2D eigenvalue weighted by atomic mass is 16.6. The molecule has 0 heterocycles. The molecule has 6 nitrogen and oxygen atoms in total. The second kappa shape index (κ2) is 8.04. The van der Waals surface area contributed by atoms with Gasteiger partial charge in [0, 0.05) is 0 Å². The van der Waals surface area contributed by atoms with Crippen LogP contribution in [0.1, 0.15) is 19.4 Å². The van der Waals surface area contributed by atoms with E-state index in [9.17, 15) is 9.59 Å². The summed E-state index contributed by atoms with van der Waals surface area (Å²) >= 11 is 0. The third-order valence-electron chi connectivity index (χ3n) is 2.50. The minimum atomic E-state index is -0.738. The number of esters is 1. The SMILES string of the molecule is CCOC(=O)[C@H](C)NC(=O)OCc1ccc(OC)cc1. The fraction of sp³-hybridized carbons (Fsp3) is 0.429. The smallest absolute Gasteiger partial charge is 0.408 e. The van der Waals surface area contributed by atoms with Gasteiger partial charge in [0.25, 0.3) is 0 Å². The molecule has 0 fully saturated rings. The molecule has 0 aliphatic carbocycles. The Bertz CT molecular complexity index is 443. The van der Waals surface area contributed by atoms with Gasteiger partial charge in [0.15, 0.2) is 0 Å². The lowest BCUT2D eigenvalue weighted by molar-refractivity contribution is -0.145. The van der Waals surface area contributed by atoms with Gasteiger partial charge in [-0.25, -0.2) is 9.59 Å². The van der Waals surface area contributed by atoms with E-state index in [0.29, 0.717) is 0 Å². The van der Waals surface area contributed by atoms with Crippen LogP contribution in [-0.4, -0.2) is 31.8 Å². The van der Waals surface area contributed by atoms with Crippen LogP contribution in [-0.2, 0) is 20.9 Å². The molecule has 0 radical (unpaired) electrons. The lowest BCUT2D eigenvalue weighted by Crippen LogP contribution is -2.39. The molecule has 1 N–H and O–H groups in total. The second-order valence-electron chi connectivity index (χ2n) is 4.04. The number of hydrogen-bond acceptors (Lipinski definition) is 5. The molecule has 1 atom stereocenters. The van der Waals surface area contributed by atoms with Crippen LogP contribution < -0.4 is 10.1 Å². The van der Waals surface area contributed by atoms with Gasteiger partial charge in [-0.2, -0.15) is 0 Å². The quantitative estimate of drug-likeness (QED) is 0.806. The monoisotopic (exact) mass is 281 g/mol. The molecule has 0 unspecified atom stereocenters. The Kier molecular flexibility index (Phi) is 6.36. The van der Waals surface area contributed by atoms with Crippen LogP contribution in [0.25, 0.3) is 0 Å². The van der Waals surface area contributed by atoms with Crippen molar-refractivity contribution < 1.29 is 23.8 Å². The minimum Gasteiger partial charge on any atom is -0.497 e. The molecule has 110 valence electrons. The lowest BCUT2D eigenvalue weighted by Gasteiger charge is -2.12. The molecule has 20 heavy (non-hydrogen) atoms. The summed E-state index contributed by atoms with van der Waals surface area (Å²) in [6, 6.07) is 6.40. The first kappa shape index (κ1) is 15.8. The number of carbonyl (C=O) groups is 2. The zero-order valence-corrected chi connectivity index (χ0v) is 11.8. The molecule has 1 amide bonds. The predicted octanol–water partition coefficient (Wildman–Crippen LogP) is 1.87. The zero-order chi connectivity index (χ0) is 15.0. The maximum absolute atomic E-state index is 11.5. The van der Waals surface area contributed by atoms with Gasteiger partial charge >= 0.3 is 12.1 Å². The Morgan fingerprint density at radius 3 is 2.40 bits per heavy atom. The maximum atomic E-state index is 11.5. The molecule has 0 aliphatic heterocycles. The number of rotatable bonds is 6. The van der Waals surface area contributed by atoms with Gasteiger partial charge in [-0.05, 0) is 31.5 Å². The van der Waals surface area contributed by atoms with Gasteiger partial charge in [-0.15, -0.1) is 0 Å². The van der Waals surface area contributed by atoms with Crippen LogP contribution in [0.3, 0.4) is 0 Å². The number of nitrogens with one attached hydrogen (secondary N) is 1. The highest BCUT2D eigenvalue weighted by Crippen LogP contribution is 2.11. The van der Waals surface area contributed by atoms with Crippen molar-refractivity contribution in [2.75, 3.05) is 13.7 Å². The summed E-state index contributed by atoms with van der Waals surface area (Å²) in [5.74, 6) is 0.239. The molecule has 0 saturated heterocycles. The van der Waals surface area contributed by atoms with Crippen molar-refractivity contribution in [3.05, 3.63) is 29.8 Å². The highest BCUT2D eigenvalue weighted by molar-refractivity contribution is 5.80. The number of benzene rings is 1. The fourth-order valence-electron chi connectivity index (χ4n) is 1.42. The molecule has 6 heteroatoms. The van der Waals surface area contributed by atoms with Gasteiger partial charge in [0.1, 0.15) is 18.4 Å². The number of alkyl carbamates (subject to hydrolysis) is 1. The van der Waals surface area contributed by atoms with E-state index in [1.807, 2.05) is 0 Å². The lowest BCUT2D eigenvalue weighted by atomic mass is 10.2. The molecule has 0 spiro atoms. The molecule has 0 bridgehead atoms. The largest absolute Gasteiger partial charge is 0.497 e. The van der Waals surface area contributed by atoms with Crippen LogP contribution >= 0.6 is 0 Å². The summed E-state index contributed by atoms with van der Waals surface area (Å²) in [6.07, 6.45) is -0.665. The Balaban J connectivity index is 2.37. The Morgan fingerprint density at radius 1 is 1.20 bits per heavy atom. The predicted molar refractivity (Wildman–Crippen MR) is 72.4 cm³/mol. The molecule has 0 aromatic heterocycles. The topological polar surface area (TPSA) is 73.9 Å².